The Hall–Kier alpha value is -3.67. The van der Waals surface area contributed by atoms with Crippen LogP contribution in [0, 0.1) is 17.1 Å². The summed E-state index contributed by atoms with van der Waals surface area (Å²) in [5.74, 6) is -0.449. The minimum Gasteiger partial charge on any atom is -0.466 e. The number of pyridine rings is 1. The number of amides is 2. The number of nitrogens with zero attached hydrogens (tertiary/aromatic N) is 3. The molecule has 1 fully saturated rings. The molecule has 1 aromatic carbocycles. The Bertz CT molecular complexity index is 1000. The van der Waals surface area contributed by atoms with Crippen LogP contribution in [0.15, 0.2) is 30.5 Å². The van der Waals surface area contributed by atoms with Crippen molar-refractivity contribution in [3.63, 3.8) is 0 Å². The van der Waals surface area contributed by atoms with Crippen LogP contribution in [0.3, 0.4) is 0 Å². The van der Waals surface area contributed by atoms with Crippen LogP contribution in [0.1, 0.15) is 18.2 Å². The number of aromatic nitrogens is 1. The van der Waals surface area contributed by atoms with Crippen LogP contribution in [0.25, 0.3) is 11.1 Å². The summed E-state index contributed by atoms with van der Waals surface area (Å²) in [6.45, 7) is 1.65. The number of cyclic esters (lactones) is 1. The zero-order chi connectivity index (χ0) is 19.8. The van der Waals surface area contributed by atoms with Gasteiger partial charge in [0.1, 0.15) is 23.3 Å². The van der Waals surface area contributed by atoms with Crippen molar-refractivity contribution in [2.24, 2.45) is 0 Å². The Kier molecular flexibility index (Phi) is 4.31. The number of fused-ring (bicyclic) bond motifs is 2. The molecular formula is C19H15FN4O4. The van der Waals surface area contributed by atoms with Gasteiger partial charge in [-0.3, -0.25) is 9.69 Å². The van der Waals surface area contributed by atoms with E-state index >= 15 is 0 Å². The van der Waals surface area contributed by atoms with Crippen LogP contribution in [0.5, 0.6) is 5.75 Å². The number of halogens is 1. The van der Waals surface area contributed by atoms with Crippen LogP contribution < -0.4 is 10.1 Å². The van der Waals surface area contributed by atoms with Gasteiger partial charge in [-0.2, -0.15) is 5.26 Å². The Balaban J connectivity index is 1.63. The summed E-state index contributed by atoms with van der Waals surface area (Å²) >= 11 is 0. The lowest BCUT2D eigenvalue weighted by Crippen LogP contribution is -2.47. The van der Waals surface area contributed by atoms with E-state index in [1.165, 1.54) is 30.2 Å². The second kappa shape index (κ2) is 6.81. The third-order valence-electron chi connectivity index (χ3n) is 4.59. The molecule has 0 spiro atoms. The molecule has 2 unspecified atom stereocenters. The fraction of sp³-hybridized carbons (Fsp3) is 0.263. The largest absolute Gasteiger partial charge is 0.466 e. The molecule has 0 radical (unpaired) electrons. The van der Waals surface area contributed by atoms with Crippen LogP contribution >= 0.6 is 0 Å². The molecule has 4 rings (SSSR count). The molecule has 0 bridgehead atoms. The van der Waals surface area contributed by atoms with E-state index in [4.69, 9.17) is 14.7 Å². The summed E-state index contributed by atoms with van der Waals surface area (Å²) in [7, 11) is 0. The first-order chi connectivity index (χ1) is 13.5. The average Bonchev–Trinajstić information content (AvgIpc) is 2.99. The van der Waals surface area contributed by atoms with E-state index in [1.54, 1.807) is 12.1 Å². The van der Waals surface area contributed by atoms with E-state index in [0.717, 1.165) is 0 Å². The summed E-state index contributed by atoms with van der Waals surface area (Å²) in [5, 5.41) is 11.4. The highest BCUT2D eigenvalue weighted by Crippen LogP contribution is 2.37. The maximum atomic E-state index is 14.7. The van der Waals surface area contributed by atoms with E-state index in [9.17, 15) is 14.0 Å². The topological polar surface area (TPSA) is 105 Å². The normalized spacial score (nSPS) is 19.8. The van der Waals surface area contributed by atoms with Gasteiger partial charge in [0.2, 0.25) is 12.1 Å². The van der Waals surface area contributed by atoms with Gasteiger partial charge < -0.3 is 14.8 Å². The highest BCUT2D eigenvalue weighted by Gasteiger charge is 2.46. The zero-order valence-corrected chi connectivity index (χ0v) is 14.8. The van der Waals surface area contributed by atoms with E-state index in [-0.39, 0.29) is 24.7 Å². The number of hydrogen-bond donors (Lipinski definition) is 1. The fourth-order valence-electron chi connectivity index (χ4n) is 3.23. The Morgan fingerprint density at radius 2 is 2.25 bits per heavy atom. The van der Waals surface area contributed by atoms with Crippen LogP contribution in [0.4, 0.5) is 9.18 Å². The Morgan fingerprint density at radius 1 is 1.43 bits per heavy atom. The highest BCUT2D eigenvalue weighted by molar-refractivity contribution is 5.74. The smallest absolute Gasteiger partial charge is 0.413 e. The molecule has 142 valence electrons. The monoisotopic (exact) mass is 382 g/mol. The third kappa shape index (κ3) is 3.09. The van der Waals surface area contributed by atoms with Gasteiger partial charge >= 0.3 is 6.09 Å². The van der Waals surface area contributed by atoms with Gasteiger partial charge in [-0.15, -0.1) is 0 Å². The second-order valence-corrected chi connectivity index (χ2v) is 6.48. The molecule has 9 heteroatoms. The molecule has 3 heterocycles. The van der Waals surface area contributed by atoms with Crippen molar-refractivity contribution in [3.8, 4) is 22.9 Å². The maximum Gasteiger partial charge on any atom is 0.413 e. The number of benzene rings is 1. The first kappa shape index (κ1) is 17.7. The number of nitriles is 1. The molecule has 2 aromatic rings. The molecule has 2 aliphatic rings. The Labute approximate surface area is 159 Å². The van der Waals surface area contributed by atoms with E-state index in [2.05, 4.69) is 10.3 Å². The molecule has 2 atom stereocenters. The van der Waals surface area contributed by atoms with E-state index in [0.29, 0.717) is 22.4 Å². The van der Waals surface area contributed by atoms with Gasteiger partial charge in [0, 0.05) is 35.9 Å². The van der Waals surface area contributed by atoms with Crippen molar-refractivity contribution < 1.29 is 23.5 Å². The standard InChI is InChI=1S/C19H15FN4O4/c1-10(25)22-8-17-18-24(19(26)28-17)9-12-4-14(15(20)5-16(12)27-18)11-2-3-13(6-21)23-7-11/h2-5,7,17-18H,8-9H2,1H3,(H,22,25). The van der Waals surface area contributed by atoms with Gasteiger partial charge in [0.15, 0.2) is 6.10 Å². The lowest BCUT2D eigenvalue weighted by atomic mass is 10.0. The van der Waals surface area contributed by atoms with Crippen molar-refractivity contribution in [2.45, 2.75) is 25.8 Å². The minimum atomic E-state index is -0.742. The molecular weight excluding hydrogens is 367 g/mol. The van der Waals surface area contributed by atoms with E-state index in [1.807, 2.05) is 6.07 Å². The summed E-state index contributed by atoms with van der Waals surface area (Å²) in [6, 6.07) is 7.88. The van der Waals surface area contributed by atoms with Crippen LogP contribution in [-0.2, 0) is 16.1 Å². The number of nitrogens with one attached hydrogen (secondary N) is 1. The predicted octanol–water partition coefficient (Wildman–Crippen LogP) is 1.93. The number of ether oxygens (including phenoxy) is 2. The molecule has 28 heavy (non-hydrogen) atoms. The number of hydrogen-bond acceptors (Lipinski definition) is 6. The van der Waals surface area contributed by atoms with Gasteiger partial charge in [-0.25, -0.2) is 14.2 Å². The summed E-state index contributed by atoms with van der Waals surface area (Å²) < 4.78 is 25.8. The number of carbonyl (C=O) groups is 2. The SMILES string of the molecule is CC(=O)NCC1OC(=O)N2Cc3cc(-c4ccc(C#N)nc4)c(F)cc3OC12. The molecule has 1 N–H and O–H groups in total. The van der Waals surface area contributed by atoms with Crippen LogP contribution in [0.2, 0.25) is 0 Å². The first-order valence-corrected chi connectivity index (χ1v) is 8.53. The quantitative estimate of drug-likeness (QED) is 0.870. The molecule has 8 nitrogen and oxygen atoms in total. The molecule has 0 saturated carbocycles. The lowest BCUT2D eigenvalue weighted by Gasteiger charge is -2.31. The van der Waals surface area contributed by atoms with Crippen LogP contribution in [-0.4, -0.2) is 40.8 Å². The van der Waals surface area contributed by atoms with Crippen molar-refractivity contribution in [1.82, 2.24) is 15.2 Å². The van der Waals surface area contributed by atoms with Crippen molar-refractivity contribution in [2.75, 3.05) is 6.54 Å². The third-order valence-corrected chi connectivity index (χ3v) is 4.59. The van der Waals surface area contributed by atoms with Crippen molar-refractivity contribution in [3.05, 3.63) is 47.5 Å². The first-order valence-electron chi connectivity index (χ1n) is 8.53. The zero-order valence-electron chi connectivity index (χ0n) is 14.8. The summed E-state index contributed by atoms with van der Waals surface area (Å²) in [6.07, 6.45) is -0.565. The maximum absolute atomic E-state index is 14.7. The summed E-state index contributed by atoms with van der Waals surface area (Å²) in [4.78, 5) is 28.6. The molecule has 2 aliphatic heterocycles. The Morgan fingerprint density at radius 3 is 2.93 bits per heavy atom. The molecule has 0 aliphatic carbocycles. The lowest BCUT2D eigenvalue weighted by molar-refractivity contribution is -0.119. The van der Waals surface area contributed by atoms with Crippen molar-refractivity contribution >= 4 is 12.0 Å². The number of carbonyl (C=O) groups excluding carboxylic acids is 2. The number of rotatable bonds is 3. The average molecular weight is 382 g/mol. The summed E-state index contributed by atoms with van der Waals surface area (Å²) in [5.41, 5.74) is 1.65. The van der Waals surface area contributed by atoms with Gasteiger partial charge in [0.25, 0.3) is 0 Å². The van der Waals surface area contributed by atoms with E-state index < -0.39 is 24.2 Å². The highest BCUT2D eigenvalue weighted by atomic mass is 19.1. The minimum absolute atomic E-state index is 0.106. The van der Waals surface area contributed by atoms with Crippen molar-refractivity contribution in [1.29, 1.82) is 5.26 Å². The molecule has 1 aromatic heterocycles. The molecule has 1 saturated heterocycles. The second-order valence-electron chi connectivity index (χ2n) is 6.48. The molecule has 2 amide bonds. The van der Waals surface area contributed by atoms with Gasteiger partial charge in [-0.1, -0.05) is 0 Å². The fourth-order valence-corrected chi connectivity index (χ4v) is 3.23. The predicted molar refractivity (Wildman–Crippen MR) is 93.3 cm³/mol. The van der Waals surface area contributed by atoms with Gasteiger partial charge in [-0.05, 0) is 18.2 Å². The van der Waals surface area contributed by atoms with Gasteiger partial charge in [0.05, 0.1) is 13.1 Å².